The van der Waals surface area contributed by atoms with Crippen LogP contribution in [0.25, 0.3) is 0 Å². The van der Waals surface area contributed by atoms with E-state index >= 15 is 0 Å². The molecule has 0 radical (unpaired) electrons. The second-order valence-electron chi connectivity index (χ2n) is 10.6. The molecule has 0 aliphatic carbocycles. The molecule has 3 N–H and O–H groups in total. The van der Waals surface area contributed by atoms with Crippen molar-refractivity contribution in [1.29, 1.82) is 0 Å². The summed E-state index contributed by atoms with van der Waals surface area (Å²) >= 11 is 12.4. The van der Waals surface area contributed by atoms with E-state index in [0.29, 0.717) is 31.2 Å². The third-order valence-corrected chi connectivity index (χ3v) is 8.20. The lowest BCUT2D eigenvalue weighted by Gasteiger charge is -2.41. The summed E-state index contributed by atoms with van der Waals surface area (Å²) in [5, 5.41) is 15.8. The predicted molar refractivity (Wildman–Crippen MR) is 161 cm³/mol. The van der Waals surface area contributed by atoms with Crippen molar-refractivity contribution in [3.05, 3.63) is 87.4 Å². The second-order valence-corrected chi connectivity index (χ2v) is 11.3. The van der Waals surface area contributed by atoms with E-state index in [2.05, 4.69) is 22.5 Å². The molecule has 1 aliphatic heterocycles. The molecule has 9 nitrogen and oxygen atoms in total. The molecule has 4 atom stereocenters. The molecule has 4 rings (SSSR count). The average Bonchev–Trinajstić information content (AvgIpc) is 3.31. The van der Waals surface area contributed by atoms with Crippen molar-refractivity contribution in [3.63, 3.8) is 0 Å². The van der Waals surface area contributed by atoms with Crippen molar-refractivity contribution >= 4 is 35.0 Å². The van der Waals surface area contributed by atoms with Crippen LogP contribution in [0, 0.1) is 5.92 Å². The Kier molecular flexibility index (Phi) is 11.8. The number of aliphatic hydroxyl groups excluding tert-OH is 1. The monoisotopic (exact) mass is 616 g/mol. The molecule has 1 saturated heterocycles. The molecule has 11 heteroatoms. The van der Waals surface area contributed by atoms with Gasteiger partial charge in [-0.3, -0.25) is 9.59 Å². The molecule has 42 heavy (non-hydrogen) atoms. The first-order valence-corrected chi connectivity index (χ1v) is 15.0. The number of amides is 2. The highest BCUT2D eigenvalue weighted by atomic mass is 35.5. The highest BCUT2D eigenvalue weighted by molar-refractivity contribution is 6.40. The average molecular weight is 618 g/mol. The van der Waals surface area contributed by atoms with Gasteiger partial charge in [0.15, 0.2) is 11.4 Å². The number of aromatic nitrogens is 2. The summed E-state index contributed by atoms with van der Waals surface area (Å²) in [5.41, 5.74) is 3.64. The van der Waals surface area contributed by atoms with Crippen LogP contribution in [-0.4, -0.2) is 39.1 Å². The number of hydrogen-bond donors (Lipinski definition) is 3. The van der Waals surface area contributed by atoms with E-state index < -0.39 is 6.29 Å². The van der Waals surface area contributed by atoms with Gasteiger partial charge in [-0.15, -0.1) is 0 Å². The Hall–Kier alpha value is -2.95. The van der Waals surface area contributed by atoms with Gasteiger partial charge in [0.25, 0.3) is 0 Å². The van der Waals surface area contributed by atoms with E-state index in [1.165, 1.54) is 6.92 Å². The third-order valence-electron chi connectivity index (χ3n) is 7.43. The van der Waals surface area contributed by atoms with Gasteiger partial charge in [-0.25, -0.2) is 4.98 Å². The highest BCUT2D eigenvalue weighted by Gasteiger charge is 2.38. The van der Waals surface area contributed by atoms with Crippen LogP contribution in [0.4, 0.5) is 0 Å². The molecular formula is C31H38Cl2N4O5. The zero-order valence-electron chi connectivity index (χ0n) is 23.9. The van der Waals surface area contributed by atoms with Gasteiger partial charge < -0.3 is 29.8 Å². The van der Waals surface area contributed by atoms with Crippen LogP contribution in [0.15, 0.2) is 54.9 Å². The van der Waals surface area contributed by atoms with E-state index in [4.69, 9.17) is 32.7 Å². The first-order chi connectivity index (χ1) is 20.2. The Morgan fingerprint density at radius 2 is 1.64 bits per heavy atom. The normalized spacial score (nSPS) is 20.3. The number of carbonyl (C=O) groups excluding carboxylic acids is 2. The van der Waals surface area contributed by atoms with Crippen LogP contribution in [0.1, 0.15) is 74.2 Å². The molecule has 2 heterocycles. The topological polar surface area (TPSA) is 115 Å². The second kappa shape index (κ2) is 15.5. The van der Waals surface area contributed by atoms with Crippen LogP contribution in [0.3, 0.4) is 0 Å². The van der Waals surface area contributed by atoms with Gasteiger partial charge in [0, 0.05) is 37.9 Å². The number of nitrogens with zero attached hydrogens (tertiary/aromatic N) is 2. The molecule has 0 spiro atoms. The van der Waals surface area contributed by atoms with E-state index in [1.807, 2.05) is 48.5 Å². The van der Waals surface area contributed by atoms with E-state index in [-0.39, 0.29) is 41.7 Å². The maximum atomic E-state index is 12.3. The van der Waals surface area contributed by atoms with Crippen LogP contribution in [-0.2, 0) is 38.8 Å². The number of imidazole rings is 1. The number of carbonyl (C=O) groups is 2. The van der Waals surface area contributed by atoms with E-state index in [9.17, 15) is 14.7 Å². The fraction of sp³-hybridized carbons (Fsp3) is 0.452. The Balaban J connectivity index is 1.38. The first kappa shape index (κ1) is 32.0. The Morgan fingerprint density at radius 3 is 2.29 bits per heavy atom. The molecule has 3 aromatic rings. The Morgan fingerprint density at radius 1 is 0.952 bits per heavy atom. The summed E-state index contributed by atoms with van der Waals surface area (Å²) in [4.78, 5) is 27.3. The number of hydrogen-bond acceptors (Lipinski definition) is 6. The van der Waals surface area contributed by atoms with Crippen molar-refractivity contribution in [1.82, 2.24) is 20.2 Å². The van der Waals surface area contributed by atoms with Crippen molar-refractivity contribution in [2.24, 2.45) is 5.92 Å². The lowest BCUT2D eigenvalue weighted by Crippen LogP contribution is -2.39. The molecule has 2 amide bonds. The molecule has 0 saturated carbocycles. The lowest BCUT2D eigenvalue weighted by molar-refractivity contribution is -0.276. The lowest BCUT2D eigenvalue weighted by atomic mass is 9.90. The molecule has 4 unspecified atom stereocenters. The summed E-state index contributed by atoms with van der Waals surface area (Å²) in [6, 6.07) is 15.6. The molecule has 2 aromatic carbocycles. The quantitative estimate of drug-likeness (QED) is 0.219. The SMILES string of the molecule is CC(=O)NCCCCCC(=O)NCc1ccc(C2OC(Cn3cnc(Cl)c3Cl)C(C)C(c3ccc(CO)cc3)O2)cc1. The summed E-state index contributed by atoms with van der Waals surface area (Å²) in [6.07, 6.45) is 3.42. The largest absolute Gasteiger partial charge is 0.392 e. The van der Waals surface area contributed by atoms with Crippen molar-refractivity contribution < 1.29 is 24.2 Å². The predicted octanol–water partition coefficient (Wildman–Crippen LogP) is 5.49. The van der Waals surface area contributed by atoms with Gasteiger partial charge in [-0.2, -0.15) is 0 Å². The number of benzene rings is 2. The standard InChI is InChI=1S/C31H38Cl2N4O5/c1-20-26(17-37-19-36-29(32)30(37)33)41-31(42-28(20)24-11-9-23(18-38)10-12-24)25-13-7-22(8-14-25)16-35-27(40)6-4-3-5-15-34-21(2)39/h7-14,19-20,26,28,31,38H,3-6,15-18H2,1-2H3,(H,34,39)(H,35,40). The number of unbranched alkanes of at least 4 members (excludes halogenated alkanes) is 2. The number of nitrogens with one attached hydrogen (secondary N) is 2. The van der Waals surface area contributed by atoms with Crippen LogP contribution >= 0.6 is 23.2 Å². The van der Waals surface area contributed by atoms with Crippen molar-refractivity contribution in [2.45, 2.75) is 77.7 Å². The van der Waals surface area contributed by atoms with Crippen LogP contribution in [0.2, 0.25) is 10.3 Å². The Bertz CT molecular complexity index is 1320. The maximum absolute atomic E-state index is 12.3. The van der Waals surface area contributed by atoms with Crippen LogP contribution < -0.4 is 10.6 Å². The molecule has 0 bridgehead atoms. The summed E-state index contributed by atoms with van der Waals surface area (Å²) in [7, 11) is 0. The van der Waals surface area contributed by atoms with Gasteiger partial charge in [0.2, 0.25) is 11.8 Å². The number of aliphatic hydroxyl groups is 1. The summed E-state index contributed by atoms with van der Waals surface area (Å²) in [6.45, 7) is 5.06. The molecule has 1 aliphatic rings. The van der Waals surface area contributed by atoms with Gasteiger partial charge in [-0.1, -0.05) is 85.1 Å². The molecular weight excluding hydrogens is 579 g/mol. The number of ether oxygens (including phenoxy) is 2. The van der Waals surface area contributed by atoms with Crippen LogP contribution in [0.5, 0.6) is 0 Å². The highest BCUT2D eigenvalue weighted by Crippen LogP contribution is 2.42. The minimum absolute atomic E-state index is 0.00250. The Labute approximate surface area is 256 Å². The van der Waals surface area contributed by atoms with Crippen molar-refractivity contribution in [3.8, 4) is 0 Å². The van der Waals surface area contributed by atoms with Gasteiger partial charge in [0.1, 0.15) is 5.15 Å². The fourth-order valence-corrected chi connectivity index (χ4v) is 5.24. The van der Waals surface area contributed by atoms with Gasteiger partial charge >= 0.3 is 0 Å². The minimum atomic E-state index is -0.632. The fourth-order valence-electron chi connectivity index (χ4n) is 4.93. The zero-order chi connectivity index (χ0) is 30.1. The minimum Gasteiger partial charge on any atom is -0.392 e. The van der Waals surface area contributed by atoms with Gasteiger partial charge in [-0.05, 0) is 29.5 Å². The summed E-state index contributed by atoms with van der Waals surface area (Å²) in [5.74, 6) is -0.0612. The smallest absolute Gasteiger partial charge is 0.220 e. The molecule has 1 fully saturated rings. The number of rotatable bonds is 13. The van der Waals surface area contributed by atoms with Crippen molar-refractivity contribution in [2.75, 3.05) is 6.54 Å². The first-order valence-electron chi connectivity index (χ1n) is 14.2. The van der Waals surface area contributed by atoms with E-state index in [0.717, 1.165) is 41.5 Å². The maximum Gasteiger partial charge on any atom is 0.220 e. The van der Waals surface area contributed by atoms with Gasteiger partial charge in [0.05, 0.1) is 31.7 Å². The molecule has 226 valence electrons. The number of halogens is 2. The third kappa shape index (κ3) is 8.78. The summed E-state index contributed by atoms with van der Waals surface area (Å²) < 4.78 is 14.7. The molecule has 1 aromatic heterocycles. The zero-order valence-corrected chi connectivity index (χ0v) is 25.4. The van der Waals surface area contributed by atoms with E-state index in [1.54, 1.807) is 10.9 Å².